The molecule has 0 aliphatic carbocycles. The summed E-state index contributed by atoms with van der Waals surface area (Å²) in [6, 6.07) is 7.77. The van der Waals surface area contributed by atoms with Crippen LogP contribution in [-0.2, 0) is 6.42 Å². The van der Waals surface area contributed by atoms with Crippen molar-refractivity contribution < 1.29 is 14.3 Å². The van der Waals surface area contributed by atoms with Gasteiger partial charge in [0, 0.05) is 23.4 Å². The number of nitrogens with one attached hydrogen (secondary N) is 1. The molecular weight excluding hydrogens is 368 g/mol. The lowest BCUT2D eigenvalue weighted by Gasteiger charge is -2.13. The first-order chi connectivity index (χ1) is 12.6. The Balaban J connectivity index is 1.58. The van der Waals surface area contributed by atoms with E-state index < -0.39 is 0 Å². The number of anilines is 1. The van der Waals surface area contributed by atoms with E-state index in [1.54, 1.807) is 16.7 Å². The van der Waals surface area contributed by atoms with Crippen LogP contribution in [0.25, 0.3) is 9.88 Å². The molecule has 26 heavy (non-hydrogen) atoms. The summed E-state index contributed by atoms with van der Waals surface area (Å²) in [5.74, 6) is 1.20. The number of benzene rings is 1. The maximum absolute atomic E-state index is 12.7. The number of rotatable bonds is 5. The van der Waals surface area contributed by atoms with E-state index in [-0.39, 0.29) is 12.0 Å². The van der Waals surface area contributed by atoms with Gasteiger partial charge in [-0.05, 0) is 31.4 Å². The number of fused-ring (bicyclic) bond motifs is 1. The highest BCUT2D eigenvalue weighted by Gasteiger charge is 2.23. The normalized spacial score (nSPS) is 15.4. The van der Waals surface area contributed by atoms with Crippen LogP contribution in [0.5, 0.6) is 11.5 Å². The second-order valence-corrected chi connectivity index (χ2v) is 7.80. The van der Waals surface area contributed by atoms with E-state index in [4.69, 9.17) is 9.47 Å². The van der Waals surface area contributed by atoms with E-state index in [1.807, 2.05) is 43.5 Å². The fraction of sp³-hybridized carbons (Fsp3) is 0.263. The van der Waals surface area contributed by atoms with Crippen LogP contribution in [0.1, 0.15) is 29.9 Å². The molecule has 0 radical (unpaired) electrons. The van der Waals surface area contributed by atoms with Gasteiger partial charge < -0.3 is 14.8 Å². The number of thiophene rings is 1. The fourth-order valence-electron chi connectivity index (χ4n) is 2.89. The molecule has 1 N–H and O–H groups in total. The van der Waals surface area contributed by atoms with Gasteiger partial charge in [-0.1, -0.05) is 6.07 Å². The number of amides is 1. The number of carbonyl (C=O) groups excluding carboxylic acids is 1. The Kier molecular flexibility index (Phi) is 4.65. The molecule has 1 amide bonds. The topological polar surface area (TPSA) is 60.5 Å². The first-order valence-electron chi connectivity index (χ1n) is 8.41. The molecule has 1 aliphatic heterocycles. The van der Waals surface area contributed by atoms with Crippen molar-refractivity contribution in [2.24, 2.45) is 0 Å². The Morgan fingerprint density at radius 3 is 3.08 bits per heavy atom. The second kappa shape index (κ2) is 7.09. The van der Waals surface area contributed by atoms with Crippen LogP contribution < -0.4 is 14.8 Å². The fourth-order valence-corrected chi connectivity index (χ4v) is 4.50. The number of thiazole rings is 1. The van der Waals surface area contributed by atoms with E-state index in [9.17, 15) is 4.79 Å². The second-order valence-electron chi connectivity index (χ2n) is 5.99. The maximum Gasteiger partial charge on any atom is 0.275 e. The molecular formula is C19H18N2O3S2. The van der Waals surface area contributed by atoms with Gasteiger partial charge in [0.2, 0.25) is 0 Å². The standard InChI is InChI=1S/C19H18N2O3S2/c1-3-23-16-8-12-7-11(2)24-15(12)9-13(16)20-18(22)14-10-26-19(21-14)17-5-4-6-25-17/h4-6,8-11H,3,7H2,1-2H3,(H,20,22). The number of nitrogens with zero attached hydrogens (tertiary/aromatic N) is 1. The Hall–Kier alpha value is -2.38. The zero-order valence-corrected chi connectivity index (χ0v) is 16.1. The van der Waals surface area contributed by atoms with Crippen LogP contribution in [0.2, 0.25) is 0 Å². The minimum absolute atomic E-state index is 0.136. The number of carbonyl (C=O) groups is 1. The van der Waals surface area contributed by atoms with Crippen molar-refractivity contribution in [1.82, 2.24) is 4.98 Å². The molecule has 7 heteroatoms. The molecule has 0 saturated carbocycles. The lowest BCUT2D eigenvalue weighted by molar-refractivity contribution is 0.102. The third kappa shape index (κ3) is 3.32. The predicted octanol–water partition coefficient (Wildman–Crippen LogP) is 4.85. The van der Waals surface area contributed by atoms with Crippen LogP contribution >= 0.6 is 22.7 Å². The number of aromatic nitrogens is 1. The van der Waals surface area contributed by atoms with Crippen molar-refractivity contribution in [2.45, 2.75) is 26.4 Å². The van der Waals surface area contributed by atoms with Crippen molar-refractivity contribution in [3.63, 3.8) is 0 Å². The van der Waals surface area contributed by atoms with E-state index in [1.165, 1.54) is 11.3 Å². The largest absolute Gasteiger partial charge is 0.492 e. The molecule has 0 bridgehead atoms. The Morgan fingerprint density at radius 2 is 2.31 bits per heavy atom. The van der Waals surface area contributed by atoms with Crippen LogP contribution in [0, 0.1) is 0 Å². The summed E-state index contributed by atoms with van der Waals surface area (Å²) in [6.07, 6.45) is 0.984. The Bertz CT molecular complexity index is 934. The summed E-state index contributed by atoms with van der Waals surface area (Å²) in [5.41, 5.74) is 2.11. The molecule has 134 valence electrons. The Morgan fingerprint density at radius 1 is 1.42 bits per heavy atom. The molecule has 2 aromatic heterocycles. The van der Waals surface area contributed by atoms with E-state index in [2.05, 4.69) is 10.3 Å². The lowest BCUT2D eigenvalue weighted by Crippen LogP contribution is -2.13. The zero-order chi connectivity index (χ0) is 18.1. The summed E-state index contributed by atoms with van der Waals surface area (Å²) < 4.78 is 11.5. The average molecular weight is 386 g/mol. The van der Waals surface area contributed by atoms with Crippen molar-refractivity contribution in [1.29, 1.82) is 0 Å². The third-order valence-corrected chi connectivity index (χ3v) is 5.90. The van der Waals surface area contributed by atoms with Crippen molar-refractivity contribution >= 4 is 34.3 Å². The minimum Gasteiger partial charge on any atom is -0.492 e. The monoisotopic (exact) mass is 386 g/mol. The zero-order valence-electron chi connectivity index (χ0n) is 14.4. The van der Waals surface area contributed by atoms with Gasteiger partial charge in [0.15, 0.2) is 0 Å². The maximum atomic E-state index is 12.7. The summed E-state index contributed by atoms with van der Waals surface area (Å²) >= 11 is 3.07. The van der Waals surface area contributed by atoms with Crippen LogP contribution in [0.4, 0.5) is 5.69 Å². The van der Waals surface area contributed by atoms with Gasteiger partial charge in [-0.2, -0.15) is 0 Å². The van der Waals surface area contributed by atoms with Crippen molar-refractivity contribution in [3.8, 4) is 21.4 Å². The first-order valence-corrected chi connectivity index (χ1v) is 10.2. The van der Waals surface area contributed by atoms with Crippen molar-refractivity contribution in [3.05, 3.63) is 46.3 Å². The summed E-state index contributed by atoms with van der Waals surface area (Å²) in [6.45, 7) is 4.48. The van der Waals surface area contributed by atoms with E-state index in [0.29, 0.717) is 23.7 Å². The molecule has 0 spiro atoms. The highest BCUT2D eigenvalue weighted by atomic mass is 32.1. The van der Waals surface area contributed by atoms with Gasteiger partial charge >= 0.3 is 0 Å². The van der Waals surface area contributed by atoms with Gasteiger partial charge in [-0.15, -0.1) is 22.7 Å². The van der Waals surface area contributed by atoms with Gasteiger partial charge in [-0.3, -0.25) is 4.79 Å². The number of ether oxygens (including phenoxy) is 2. The van der Waals surface area contributed by atoms with Crippen LogP contribution in [0.3, 0.4) is 0 Å². The third-order valence-electron chi connectivity index (χ3n) is 4.02. The first kappa shape index (κ1) is 17.1. The van der Waals surface area contributed by atoms with E-state index >= 15 is 0 Å². The van der Waals surface area contributed by atoms with Gasteiger partial charge in [0.05, 0.1) is 17.2 Å². The molecule has 5 nitrogen and oxygen atoms in total. The SMILES string of the molecule is CCOc1cc2c(cc1NC(=O)c1csc(-c3cccs3)n1)OC(C)C2. The molecule has 1 aliphatic rings. The van der Waals surface area contributed by atoms with E-state index in [0.717, 1.165) is 27.6 Å². The highest BCUT2D eigenvalue weighted by molar-refractivity contribution is 7.20. The molecule has 4 rings (SSSR count). The van der Waals surface area contributed by atoms with Gasteiger partial charge in [0.25, 0.3) is 5.91 Å². The Labute approximate surface area is 159 Å². The summed E-state index contributed by atoms with van der Waals surface area (Å²) in [5, 5.41) is 7.54. The predicted molar refractivity (Wildman–Crippen MR) is 105 cm³/mol. The molecule has 0 fully saturated rings. The molecule has 1 aromatic carbocycles. The summed E-state index contributed by atoms with van der Waals surface area (Å²) in [4.78, 5) is 18.2. The summed E-state index contributed by atoms with van der Waals surface area (Å²) in [7, 11) is 0. The molecule has 3 heterocycles. The highest BCUT2D eigenvalue weighted by Crippen LogP contribution is 2.38. The lowest BCUT2D eigenvalue weighted by atomic mass is 10.1. The van der Waals surface area contributed by atoms with Gasteiger partial charge in [-0.25, -0.2) is 4.98 Å². The van der Waals surface area contributed by atoms with Crippen LogP contribution in [-0.4, -0.2) is 23.6 Å². The molecule has 0 saturated heterocycles. The van der Waals surface area contributed by atoms with Gasteiger partial charge in [0.1, 0.15) is 28.3 Å². The number of hydrogen-bond acceptors (Lipinski definition) is 6. The molecule has 1 atom stereocenters. The average Bonchev–Trinajstić information content (AvgIpc) is 3.34. The minimum atomic E-state index is -0.254. The van der Waals surface area contributed by atoms with Crippen molar-refractivity contribution in [2.75, 3.05) is 11.9 Å². The molecule has 1 unspecified atom stereocenters. The molecule has 3 aromatic rings. The van der Waals surface area contributed by atoms with Crippen LogP contribution in [0.15, 0.2) is 35.0 Å². The number of hydrogen-bond donors (Lipinski definition) is 1. The quantitative estimate of drug-likeness (QED) is 0.681. The smallest absolute Gasteiger partial charge is 0.275 e.